The lowest BCUT2D eigenvalue weighted by molar-refractivity contribution is 0.0468. The molecule has 3 rings (SSSR count). The van der Waals surface area contributed by atoms with Crippen molar-refractivity contribution in [1.82, 2.24) is 14.5 Å². The summed E-state index contributed by atoms with van der Waals surface area (Å²) in [6, 6.07) is 3.86. The van der Waals surface area contributed by atoms with Gasteiger partial charge in [0.15, 0.2) is 12.3 Å². The van der Waals surface area contributed by atoms with Crippen LogP contribution in [-0.2, 0) is 4.74 Å². The van der Waals surface area contributed by atoms with Crippen LogP contribution in [0.25, 0.3) is 0 Å². The second kappa shape index (κ2) is 5.95. The first kappa shape index (κ1) is 15.4. The molecule has 0 spiro atoms. The van der Waals surface area contributed by atoms with E-state index in [1.807, 2.05) is 19.9 Å². The normalized spacial score (nSPS) is 13.9. The Morgan fingerprint density at radius 3 is 2.70 bits per heavy atom. The van der Waals surface area contributed by atoms with Gasteiger partial charge in [-0.05, 0) is 45.7 Å². The van der Waals surface area contributed by atoms with Gasteiger partial charge in [-0.15, -0.1) is 0 Å². The lowest BCUT2D eigenvalue weighted by atomic mass is 10.1. The van der Waals surface area contributed by atoms with Crippen molar-refractivity contribution >= 4 is 11.8 Å². The molecule has 0 aliphatic heterocycles. The maximum Gasteiger partial charge on any atom is 0.357 e. The summed E-state index contributed by atoms with van der Waals surface area (Å²) in [7, 11) is 0. The van der Waals surface area contributed by atoms with E-state index >= 15 is 0 Å². The average molecular weight is 313 g/mol. The Kier molecular flexibility index (Phi) is 3.98. The summed E-state index contributed by atoms with van der Waals surface area (Å²) in [5.41, 5.74) is 2.81. The first-order valence-electron chi connectivity index (χ1n) is 7.65. The standard InChI is InChI=1S/C17H19N3O3/c1-10-8-14(11(2)20(10)13-4-5-13)16(21)9-23-17(22)15-6-7-18-12(3)19-15/h6-8,13H,4-5,9H2,1-3H3. The first-order valence-corrected chi connectivity index (χ1v) is 7.65. The number of carbonyl (C=O) groups excluding carboxylic acids is 2. The zero-order chi connectivity index (χ0) is 16.6. The van der Waals surface area contributed by atoms with E-state index in [-0.39, 0.29) is 18.1 Å². The fraction of sp³-hybridized carbons (Fsp3) is 0.412. The molecule has 0 N–H and O–H groups in total. The number of carbonyl (C=O) groups is 2. The summed E-state index contributed by atoms with van der Waals surface area (Å²) in [4.78, 5) is 32.2. The summed E-state index contributed by atoms with van der Waals surface area (Å²) in [6.07, 6.45) is 3.81. The number of hydrogen-bond donors (Lipinski definition) is 0. The Hall–Kier alpha value is -2.50. The van der Waals surface area contributed by atoms with Crippen LogP contribution in [0.5, 0.6) is 0 Å². The van der Waals surface area contributed by atoms with E-state index in [4.69, 9.17) is 4.74 Å². The maximum absolute atomic E-state index is 12.4. The third kappa shape index (κ3) is 3.16. The molecular formula is C17H19N3O3. The third-order valence-corrected chi connectivity index (χ3v) is 4.02. The van der Waals surface area contributed by atoms with Crippen LogP contribution in [0.15, 0.2) is 18.3 Å². The Labute approximate surface area is 134 Å². The third-order valence-electron chi connectivity index (χ3n) is 4.02. The number of ketones is 1. The van der Waals surface area contributed by atoms with Crippen molar-refractivity contribution in [3.8, 4) is 0 Å². The minimum absolute atomic E-state index is 0.161. The summed E-state index contributed by atoms with van der Waals surface area (Å²) in [5.74, 6) is -0.317. The van der Waals surface area contributed by atoms with Gasteiger partial charge in [-0.2, -0.15) is 0 Å². The highest BCUT2D eigenvalue weighted by atomic mass is 16.5. The first-order chi connectivity index (χ1) is 11.0. The van der Waals surface area contributed by atoms with Gasteiger partial charge >= 0.3 is 5.97 Å². The number of nitrogens with zero attached hydrogens (tertiary/aromatic N) is 3. The van der Waals surface area contributed by atoms with E-state index in [1.165, 1.54) is 12.3 Å². The van der Waals surface area contributed by atoms with Crippen molar-refractivity contribution in [3.05, 3.63) is 46.8 Å². The lowest BCUT2D eigenvalue weighted by Gasteiger charge is -2.08. The van der Waals surface area contributed by atoms with Crippen LogP contribution < -0.4 is 0 Å². The molecule has 6 nitrogen and oxygen atoms in total. The van der Waals surface area contributed by atoms with Gasteiger partial charge in [0.25, 0.3) is 0 Å². The smallest absolute Gasteiger partial charge is 0.357 e. The number of ether oxygens (including phenoxy) is 1. The number of aromatic nitrogens is 3. The molecule has 6 heteroatoms. The molecule has 1 aliphatic carbocycles. The van der Waals surface area contributed by atoms with Crippen LogP contribution in [0.4, 0.5) is 0 Å². The Balaban J connectivity index is 1.68. The average Bonchev–Trinajstić information content (AvgIpc) is 3.30. The zero-order valence-corrected chi connectivity index (χ0v) is 13.5. The number of hydrogen-bond acceptors (Lipinski definition) is 5. The molecule has 1 saturated carbocycles. The van der Waals surface area contributed by atoms with E-state index in [9.17, 15) is 9.59 Å². The molecule has 1 aliphatic rings. The monoisotopic (exact) mass is 313 g/mol. The van der Waals surface area contributed by atoms with Gasteiger partial charge in [0.05, 0.1) is 0 Å². The van der Waals surface area contributed by atoms with Gasteiger partial charge in [0, 0.05) is 29.2 Å². The molecule has 0 bridgehead atoms. The molecule has 1 fully saturated rings. The number of aryl methyl sites for hydroxylation is 2. The van der Waals surface area contributed by atoms with Crippen LogP contribution in [0.2, 0.25) is 0 Å². The molecule has 0 aromatic carbocycles. The maximum atomic E-state index is 12.4. The van der Waals surface area contributed by atoms with E-state index in [2.05, 4.69) is 14.5 Å². The van der Waals surface area contributed by atoms with Gasteiger partial charge in [0.1, 0.15) is 5.82 Å². The summed E-state index contributed by atoms with van der Waals surface area (Å²) < 4.78 is 7.29. The van der Waals surface area contributed by atoms with E-state index in [0.29, 0.717) is 17.4 Å². The molecular weight excluding hydrogens is 294 g/mol. The highest BCUT2D eigenvalue weighted by molar-refractivity contribution is 6.00. The highest BCUT2D eigenvalue weighted by Gasteiger charge is 2.28. The van der Waals surface area contributed by atoms with Crippen molar-refractivity contribution in [3.63, 3.8) is 0 Å². The fourth-order valence-electron chi connectivity index (χ4n) is 2.81. The predicted molar refractivity (Wildman–Crippen MR) is 83.6 cm³/mol. The molecule has 0 amide bonds. The number of Topliss-reactive ketones (excluding diaryl/α,β-unsaturated/α-hetero) is 1. The van der Waals surface area contributed by atoms with Crippen LogP contribution in [0.3, 0.4) is 0 Å². The van der Waals surface area contributed by atoms with E-state index in [1.54, 1.807) is 6.92 Å². The molecule has 0 unspecified atom stereocenters. The predicted octanol–water partition coefficient (Wildman–Crippen LogP) is 2.58. The van der Waals surface area contributed by atoms with E-state index < -0.39 is 5.97 Å². The van der Waals surface area contributed by atoms with Crippen LogP contribution in [0.1, 0.15) is 56.9 Å². The molecule has 0 atom stereocenters. The zero-order valence-electron chi connectivity index (χ0n) is 13.5. The van der Waals surface area contributed by atoms with Crippen molar-refractivity contribution in [1.29, 1.82) is 0 Å². The molecule has 2 aromatic heterocycles. The minimum atomic E-state index is -0.611. The van der Waals surface area contributed by atoms with Crippen molar-refractivity contribution in [2.75, 3.05) is 6.61 Å². The van der Waals surface area contributed by atoms with Crippen molar-refractivity contribution < 1.29 is 14.3 Å². The van der Waals surface area contributed by atoms with Crippen LogP contribution >= 0.6 is 0 Å². The second-order valence-electron chi connectivity index (χ2n) is 5.87. The molecule has 2 aromatic rings. The largest absolute Gasteiger partial charge is 0.453 e. The second-order valence-corrected chi connectivity index (χ2v) is 5.87. The summed E-state index contributed by atoms with van der Waals surface area (Å²) in [6.45, 7) is 5.34. The summed E-state index contributed by atoms with van der Waals surface area (Å²) >= 11 is 0. The fourth-order valence-corrected chi connectivity index (χ4v) is 2.81. The van der Waals surface area contributed by atoms with Gasteiger partial charge in [0.2, 0.25) is 5.78 Å². The lowest BCUT2D eigenvalue weighted by Crippen LogP contribution is -2.16. The van der Waals surface area contributed by atoms with Crippen molar-refractivity contribution in [2.45, 2.75) is 39.7 Å². The van der Waals surface area contributed by atoms with Gasteiger partial charge < -0.3 is 9.30 Å². The van der Waals surface area contributed by atoms with Gasteiger partial charge in [-0.3, -0.25) is 4.79 Å². The van der Waals surface area contributed by atoms with Gasteiger partial charge in [-0.1, -0.05) is 0 Å². The topological polar surface area (TPSA) is 74.1 Å². The molecule has 2 heterocycles. The Morgan fingerprint density at radius 1 is 1.30 bits per heavy atom. The Morgan fingerprint density at radius 2 is 2.04 bits per heavy atom. The van der Waals surface area contributed by atoms with Crippen LogP contribution in [0, 0.1) is 20.8 Å². The quantitative estimate of drug-likeness (QED) is 0.626. The molecule has 0 saturated heterocycles. The number of rotatable bonds is 5. The van der Waals surface area contributed by atoms with Gasteiger partial charge in [-0.25, -0.2) is 14.8 Å². The van der Waals surface area contributed by atoms with Crippen LogP contribution in [-0.4, -0.2) is 32.9 Å². The molecule has 120 valence electrons. The highest BCUT2D eigenvalue weighted by Crippen LogP contribution is 2.38. The molecule has 0 radical (unpaired) electrons. The SMILES string of the molecule is Cc1nccc(C(=O)OCC(=O)c2cc(C)n(C3CC3)c2C)n1. The molecule has 23 heavy (non-hydrogen) atoms. The van der Waals surface area contributed by atoms with Crippen molar-refractivity contribution in [2.24, 2.45) is 0 Å². The Bertz CT molecular complexity index is 775. The number of esters is 1. The minimum Gasteiger partial charge on any atom is -0.453 e. The van der Waals surface area contributed by atoms with E-state index in [0.717, 1.165) is 24.2 Å². The summed E-state index contributed by atoms with van der Waals surface area (Å²) in [5, 5.41) is 0.